The number of rotatable bonds is 3. The summed E-state index contributed by atoms with van der Waals surface area (Å²) in [4.78, 5) is 9.48. The number of imidazole rings is 1. The first kappa shape index (κ1) is 14.2. The van der Waals surface area contributed by atoms with E-state index in [9.17, 15) is 0 Å². The van der Waals surface area contributed by atoms with Crippen LogP contribution >= 0.6 is 0 Å². The second-order valence-corrected chi connectivity index (χ2v) is 6.40. The molecule has 4 heterocycles. The van der Waals surface area contributed by atoms with E-state index in [-0.39, 0.29) is 0 Å². The van der Waals surface area contributed by atoms with Crippen molar-refractivity contribution in [1.29, 1.82) is 0 Å². The zero-order valence-corrected chi connectivity index (χ0v) is 12.9. The minimum atomic E-state index is 0.405. The number of fused-ring (bicyclic) bond motifs is 1. The highest BCUT2D eigenvalue weighted by Crippen LogP contribution is 2.29. The predicted molar refractivity (Wildman–Crippen MR) is 83.9 cm³/mol. The van der Waals surface area contributed by atoms with Crippen LogP contribution in [0.15, 0.2) is 18.3 Å². The maximum absolute atomic E-state index is 5.68. The fraction of sp³-hybridized carbons (Fsp3) is 0.647. The van der Waals surface area contributed by atoms with Gasteiger partial charge in [-0.25, -0.2) is 9.97 Å². The van der Waals surface area contributed by atoms with Crippen molar-refractivity contribution in [3.8, 4) is 0 Å². The van der Waals surface area contributed by atoms with Crippen LogP contribution in [-0.2, 0) is 16.0 Å². The molecule has 2 saturated heterocycles. The summed E-state index contributed by atoms with van der Waals surface area (Å²) >= 11 is 0. The van der Waals surface area contributed by atoms with Gasteiger partial charge in [0.05, 0.1) is 6.61 Å². The summed E-state index contributed by atoms with van der Waals surface area (Å²) in [5.41, 5.74) is 2.03. The van der Waals surface area contributed by atoms with Crippen LogP contribution in [0, 0.1) is 5.92 Å². The third-order valence-corrected chi connectivity index (χ3v) is 4.84. The van der Waals surface area contributed by atoms with E-state index in [2.05, 4.69) is 15.6 Å². The Hall–Kier alpha value is -1.46. The van der Waals surface area contributed by atoms with Gasteiger partial charge in [0, 0.05) is 38.5 Å². The van der Waals surface area contributed by atoms with Crippen LogP contribution in [-0.4, -0.2) is 41.0 Å². The van der Waals surface area contributed by atoms with Gasteiger partial charge in [-0.3, -0.25) is 0 Å². The molecule has 0 saturated carbocycles. The maximum Gasteiger partial charge on any atom is 0.160 e. The van der Waals surface area contributed by atoms with Crippen molar-refractivity contribution in [2.75, 3.05) is 26.4 Å². The molecule has 1 unspecified atom stereocenters. The van der Waals surface area contributed by atoms with Gasteiger partial charge in [0.2, 0.25) is 0 Å². The Bertz CT molecular complexity index is 628. The lowest BCUT2D eigenvalue weighted by Crippen LogP contribution is -2.24. The molecule has 0 bridgehead atoms. The highest BCUT2D eigenvalue weighted by Gasteiger charge is 2.25. The molecule has 4 rings (SSSR count). The molecule has 2 aromatic rings. The minimum Gasteiger partial charge on any atom is -0.381 e. The van der Waals surface area contributed by atoms with Gasteiger partial charge < -0.3 is 14.0 Å². The SMILES string of the molecule is c1cnc2c(c1)nc(C1CCCOC1)n2CC1CCOCC1. The van der Waals surface area contributed by atoms with Gasteiger partial charge in [-0.05, 0) is 43.7 Å². The summed E-state index contributed by atoms with van der Waals surface area (Å²) in [5.74, 6) is 2.24. The van der Waals surface area contributed by atoms with E-state index in [1.54, 1.807) is 0 Å². The molecule has 5 nitrogen and oxygen atoms in total. The van der Waals surface area contributed by atoms with Gasteiger partial charge in [-0.2, -0.15) is 0 Å². The van der Waals surface area contributed by atoms with Gasteiger partial charge in [0.1, 0.15) is 11.3 Å². The van der Waals surface area contributed by atoms with Crippen molar-refractivity contribution >= 4 is 11.2 Å². The summed E-state index contributed by atoms with van der Waals surface area (Å²) in [6.07, 6.45) is 6.42. The van der Waals surface area contributed by atoms with E-state index in [0.29, 0.717) is 11.8 Å². The number of hydrogen-bond donors (Lipinski definition) is 0. The van der Waals surface area contributed by atoms with Crippen molar-refractivity contribution in [3.63, 3.8) is 0 Å². The molecule has 1 atom stereocenters. The van der Waals surface area contributed by atoms with E-state index >= 15 is 0 Å². The lowest BCUT2D eigenvalue weighted by molar-refractivity contribution is 0.0591. The average Bonchev–Trinajstić information content (AvgIpc) is 2.95. The quantitative estimate of drug-likeness (QED) is 0.874. The number of pyridine rings is 1. The third kappa shape index (κ3) is 2.75. The normalized spacial score (nSPS) is 23.9. The zero-order chi connectivity index (χ0) is 14.8. The molecule has 2 aromatic heterocycles. The molecule has 0 spiro atoms. The Morgan fingerprint density at radius 1 is 1.14 bits per heavy atom. The molecule has 0 radical (unpaired) electrons. The monoisotopic (exact) mass is 301 g/mol. The highest BCUT2D eigenvalue weighted by atomic mass is 16.5. The van der Waals surface area contributed by atoms with Crippen LogP contribution in [0.5, 0.6) is 0 Å². The zero-order valence-electron chi connectivity index (χ0n) is 12.9. The van der Waals surface area contributed by atoms with Gasteiger partial charge >= 0.3 is 0 Å². The Morgan fingerprint density at radius 3 is 2.86 bits per heavy atom. The number of nitrogens with zero attached hydrogens (tertiary/aromatic N) is 3. The number of hydrogen-bond acceptors (Lipinski definition) is 4. The number of ether oxygens (including phenoxy) is 2. The van der Waals surface area contributed by atoms with Crippen LogP contribution in [0.3, 0.4) is 0 Å². The van der Waals surface area contributed by atoms with Gasteiger partial charge in [0.25, 0.3) is 0 Å². The second-order valence-electron chi connectivity index (χ2n) is 6.40. The summed E-state index contributed by atoms with van der Waals surface area (Å²) < 4.78 is 13.5. The minimum absolute atomic E-state index is 0.405. The molecule has 0 N–H and O–H groups in total. The van der Waals surface area contributed by atoms with Crippen LogP contribution in [0.4, 0.5) is 0 Å². The summed E-state index contributed by atoms with van der Waals surface area (Å²) in [6.45, 7) is 4.44. The molecule has 2 aliphatic heterocycles. The molecule has 2 fully saturated rings. The van der Waals surface area contributed by atoms with Crippen molar-refractivity contribution in [2.24, 2.45) is 5.92 Å². The summed E-state index contributed by atoms with van der Waals surface area (Å²) in [6, 6.07) is 4.03. The average molecular weight is 301 g/mol. The Labute approximate surface area is 130 Å². The number of aromatic nitrogens is 3. The first-order valence-electron chi connectivity index (χ1n) is 8.38. The fourth-order valence-corrected chi connectivity index (χ4v) is 3.60. The standard InChI is InChI=1S/C17H23N3O2/c1-4-15-17(18-7-1)20(11-13-5-9-21-10-6-13)16(19-15)14-3-2-8-22-12-14/h1,4,7,13-14H,2-3,5-6,8-12H2. The Morgan fingerprint density at radius 2 is 2.05 bits per heavy atom. The molecule has 0 aromatic carbocycles. The van der Waals surface area contributed by atoms with Gasteiger partial charge in [-0.1, -0.05) is 0 Å². The second kappa shape index (κ2) is 6.34. The topological polar surface area (TPSA) is 49.2 Å². The molecule has 0 amide bonds. The van der Waals surface area contributed by atoms with Gasteiger partial charge in [0.15, 0.2) is 5.65 Å². The first-order valence-corrected chi connectivity index (χ1v) is 8.38. The van der Waals surface area contributed by atoms with Gasteiger partial charge in [-0.15, -0.1) is 0 Å². The fourth-order valence-electron chi connectivity index (χ4n) is 3.60. The summed E-state index contributed by atoms with van der Waals surface area (Å²) in [7, 11) is 0. The molecule has 5 heteroatoms. The predicted octanol–water partition coefficient (Wildman–Crippen LogP) is 2.75. The highest BCUT2D eigenvalue weighted by molar-refractivity contribution is 5.71. The van der Waals surface area contributed by atoms with E-state index in [4.69, 9.17) is 14.5 Å². The molecule has 2 aliphatic rings. The summed E-state index contributed by atoms with van der Waals surface area (Å²) in [5, 5.41) is 0. The van der Waals surface area contributed by atoms with Crippen LogP contribution in [0.1, 0.15) is 37.4 Å². The molecule has 0 aliphatic carbocycles. The molecular weight excluding hydrogens is 278 g/mol. The van der Waals surface area contributed by atoms with E-state index in [1.807, 2.05) is 12.3 Å². The first-order chi connectivity index (χ1) is 10.9. The van der Waals surface area contributed by atoms with Crippen molar-refractivity contribution in [1.82, 2.24) is 14.5 Å². The molecular formula is C17H23N3O2. The van der Waals surface area contributed by atoms with Crippen molar-refractivity contribution in [2.45, 2.75) is 38.1 Å². The van der Waals surface area contributed by atoms with E-state index < -0.39 is 0 Å². The van der Waals surface area contributed by atoms with E-state index in [1.165, 1.54) is 5.82 Å². The smallest absolute Gasteiger partial charge is 0.160 e. The van der Waals surface area contributed by atoms with E-state index in [0.717, 1.165) is 69.8 Å². The Balaban J connectivity index is 1.69. The largest absolute Gasteiger partial charge is 0.381 e. The van der Waals surface area contributed by atoms with Crippen molar-refractivity contribution < 1.29 is 9.47 Å². The third-order valence-electron chi connectivity index (χ3n) is 4.84. The molecule has 22 heavy (non-hydrogen) atoms. The Kier molecular flexibility index (Phi) is 4.08. The van der Waals surface area contributed by atoms with Crippen LogP contribution in [0.25, 0.3) is 11.2 Å². The maximum atomic E-state index is 5.68. The lowest BCUT2D eigenvalue weighted by atomic mass is 9.98. The molecule has 118 valence electrons. The van der Waals surface area contributed by atoms with Crippen LogP contribution in [0.2, 0.25) is 0 Å². The van der Waals surface area contributed by atoms with Crippen LogP contribution < -0.4 is 0 Å². The van der Waals surface area contributed by atoms with Crippen molar-refractivity contribution in [3.05, 3.63) is 24.2 Å². The lowest BCUT2D eigenvalue weighted by Gasteiger charge is -2.26.